The number of carbonyl (C=O) groups is 1. The van der Waals surface area contributed by atoms with Crippen LogP contribution in [0.2, 0.25) is 0 Å². The molecule has 1 aromatic rings. The maximum Gasteiger partial charge on any atom is 0.241 e. The summed E-state index contributed by atoms with van der Waals surface area (Å²) in [5, 5.41) is 20.4. The summed E-state index contributed by atoms with van der Waals surface area (Å²) in [5.41, 5.74) is 0.779. The first-order valence-electron chi connectivity index (χ1n) is 7.40. The quantitative estimate of drug-likeness (QED) is 0.746. The number of hydrogen-bond donors (Lipinski definition) is 2. The van der Waals surface area contributed by atoms with Gasteiger partial charge in [0.1, 0.15) is 6.54 Å². The summed E-state index contributed by atoms with van der Waals surface area (Å²) in [6.07, 6.45) is 5.90. The van der Waals surface area contributed by atoms with E-state index in [-0.39, 0.29) is 24.5 Å². The van der Waals surface area contributed by atoms with Gasteiger partial charge in [0.05, 0.1) is 12.3 Å². The van der Waals surface area contributed by atoms with Gasteiger partial charge in [-0.05, 0) is 25.7 Å². The molecule has 112 valence electrons. The lowest BCUT2D eigenvalue weighted by Gasteiger charge is -2.29. The number of aliphatic hydroxyl groups excluding tert-OH is 1. The molecular weight excluding hydrogens is 256 g/mol. The van der Waals surface area contributed by atoms with Crippen molar-refractivity contribution in [1.82, 2.24) is 20.3 Å². The summed E-state index contributed by atoms with van der Waals surface area (Å²) in [6.45, 7) is 4.85. The molecule has 0 aliphatic heterocycles. The summed E-state index contributed by atoms with van der Waals surface area (Å²) in [5.74, 6) is 0.464. The van der Waals surface area contributed by atoms with Gasteiger partial charge in [-0.3, -0.25) is 4.79 Å². The summed E-state index contributed by atoms with van der Waals surface area (Å²) >= 11 is 0. The molecule has 1 heterocycles. The Morgan fingerprint density at radius 3 is 2.75 bits per heavy atom. The average Bonchev–Trinajstić information content (AvgIpc) is 3.22. The van der Waals surface area contributed by atoms with Gasteiger partial charge in [0.2, 0.25) is 5.91 Å². The lowest BCUT2D eigenvalue weighted by atomic mass is 9.83. The Bertz CT molecular complexity index is 442. The van der Waals surface area contributed by atoms with E-state index in [0.717, 1.165) is 18.5 Å². The van der Waals surface area contributed by atoms with Crippen molar-refractivity contribution < 1.29 is 9.90 Å². The largest absolute Gasteiger partial charge is 0.396 e. The second kappa shape index (κ2) is 6.35. The predicted octanol–water partition coefficient (Wildman–Crippen LogP) is 1.07. The molecule has 6 nitrogen and oxygen atoms in total. The minimum Gasteiger partial charge on any atom is -0.396 e. The van der Waals surface area contributed by atoms with E-state index in [1.165, 1.54) is 12.8 Å². The van der Waals surface area contributed by atoms with Crippen molar-refractivity contribution in [1.29, 1.82) is 0 Å². The van der Waals surface area contributed by atoms with Gasteiger partial charge in [0.25, 0.3) is 0 Å². The first-order valence-corrected chi connectivity index (χ1v) is 7.40. The molecule has 1 amide bonds. The van der Waals surface area contributed by atoms with E-state index in [1.54, 1.807) is 4.68 Å². The Labute approximate surface area is 119 Å². The molecule has 1 aliphatic rings. The van der Waals surface area contributed by atoms with Crippen molar-refractivity contribution in [3.8, 4) is 0 Å². The molecule has 1 aliphatic carbocycles. The van der Waals surface area contributed by atoms with Gasteiger partial charge >= 0.3 is 0 Å². The number of aromatic nitrogens is 3. The second-order valence-corrected chi connectivity index (χ2v) is 5.76. The fourth-order valence-electron chi connectivity index (χ4n) is 2.23. The normalized spacial score (nSPS) is 15.3. The third-order valence-corrected chi connectivity index (χ3v) is 4.35. The second-order valence-electron chi connectivity index (χ2n) is 5.76. The van der Waals surface area contributed by atoms with E-state index in [1.807, 2.05) is 20.0 Å². The Morgan fingerprint density at radius 2 is 2.20 bits per heavy atom. The summed E-state index contributed by atoms with van der Waals surface area (Å²) in [6, 6.07) is 0. The van der Waals surface area contributed by atoms with Crippen molar-refractivity contribution in [2.45, 2.75) is 52.0 Å². The van der Waals surface area contributed by atoms with E-state index in [0.29, 0.717) is 12.5 Å². The molecule has 1 fully saturated rings. The van der Waals surface area contributed by atoms with Crippen molar-refractivity contribution in [2.24, 2.45) is 5.41 Å². The third kappa shape index (κ3) is 3.56. The molecule has 0 radical (unpaired) electrons. The van der Waals surface area contributed by atoms with Gasteiger partial charge in [-0.1, -0.05) is 19.1 Å². The lowest BCUT2D eigenvalue weighted by molar-refractivity contribution is -0.122. The Morgan fingerprint density at radius 1 is 1.50 bits per heavy atom. The van der Waals surface area contributed by atoms with Gasteiger partial charge in [-0.2, -0.15) is 0 Å². The molecule has 6 heteroatoms. The van der Waals surface area contributed by atoms with Crippen LogP contribution in [0.4, 0.5) is 0 Å². The number of rotatable bonds is 8. The number of aliphatic hydroxyl groups is 1. The highest BCUT2D eigenvalue weighted by atomic mass is 16.3. The van der Waals surface area contributed by atoms with Crippen LogP contribution in [0, 0.1) is 5.41 Å². The SMILES string of the molecule is CCC(CC)(CO)CNC(=O)Cn1cc(C2CC2)nn1. The van der Waals surface area contributed by atoms with Gasteiger partial charge in [0, 0.05) is 24.1 Å². The molecule has 1 aromatic heterocycles. The van der Waals surface area contributed by atoms with Crippen LogP contribution >= 0.6 is 0 Å². The van der Waals surface area contributed by atoms with Gasteiger partial charge in [0.15, 0.2) is 0 Å². The average molecular weight is 280 g/mol. The van der Waals surface area contributed by atoms with E-state index < -0.39 is 0 Å². The molecule has 0 atom stereocenters. The summed E-state index contributed by atoms with van der Waals surface area (Å²) < 4.78 is 1.58. The molecule has 0 saturated heterocycles. The van der Waals surface area contributed by atoms with Crippen LogP contribution < -0.4 is 5.32 Å². The minimum absolute atomic E-state index is 0.0861. The molecule has 0 bridgehead atoms. The van der Waals surface area contributed by atoms with Crippen LogP contribution in [0.15, 0.2) is 6.20 Å². The monoisotopic (exact) mass is 280 g/mol. The highest BCUT2D eigenvalue weighted by Gasteiger charge is 2.27. The van der Waals surface area contributed by atoms with Crippen LogP contribution in [0.25, 0.3) is 0 Å². The van der Waals surface area contributed by atoms with Gasteiger partial charge in [-0.25, -0.2) is 4.68 Å². The van der Waals surface area contributed by atoms with Crippen molar-refractivity contribution in [3.05, 3.63) is 11.9 Å². The molecule has 0 spiro atoms. The van der Waals surface area contributed by atoms with E-state index in [4.69, 9.17) is 0 Å². The zero-order valence-corrected chi connectivity index (χ0v) is 12.3. The molecule has 2 N–H and O–H groups in total. The lowest BCUT2D eigenvalue weighted by Crippen LogP contribution is -2.40. The summed E-state index contributed by atoms with van der Waals surface area (Å²) in [7, 11) is 0. The van der Waals surface area contributed by atoms with Crippen LogP contribution in [0.5, 0.6) is 0 Å². The Balaban J connectivity index is 1.82. The highest BCUT2D eigenvalue weighted by molar-refractivity contribution is 5.75. The number of amides is 1. The first kappa shape index (κ1) is 15.0. The molecule has 0 aromatic carbocycles. The zero-order valence-electron chi connectivity index (χ0n) is 12.3. The fraction of sp³-hybridized carbons (Fsp3) is 0.786. The molecule has 0 unspecified atom stereocenters. The van der Waals surface area contributed by atoms with Crippen molar-refractivity contribution in [3.63, 3.8) is 0 Å². The maximum absolute atomic E-state index is 11.9. The van der Waals surface area contributed by atoms with Gasteiger partial charge in [-0.15, -0.1) is 5.10 Å². The zero-order chi connectivity index (χ0) is 14.6. The number of nitrogens with one attached hydrogen (secondary N) is 1. The van der Waals surface area contributed by atoms with Crippen LogP contribution in [0.1, 0.15) is 51.1 Å². The number of hydrogen-bond acceptors (Lipinski definition) is 4. The first-order chi connectivity index (χ1) is 9.62. The number of carbonyl (C=O) groups excluding carboxylic acids is 1. The van der Waals surface area contributed by atoms with Crippen molar-refractivity contribution >= 4 is 5.91 Å². The van der Waals surface area contributed by atoms with Crippen LogP contribution in [0.3, 0.4) is 0 Å². The summed E-state index contributed by atoms with van der Waals surface area (Å²) in [4.78, 5) is 11.9. The van der Waals surface area contributed by atoms with Crippen LogP contribution in [-0.2, 0) is 11.3 Å². The predicted molar refractivity (Wildman–Crippen MR) is 75.1 cm³/mol. The van der Waals surface area contributed by atoms with Gasteiger partial charge < -0.3 is 10.4 Å². The highest BCUT2D eigenvalue weighted by Crippen LogP contribution is 2.38. The van der Waals surface area contributed by atoms with Crippen molar-refractivity contribution in [2.75, 3.05) is 13.2 Å². The standard InChI is InChI=1S/C14H24N4O2/c1-3-14(4-2,10-19)9-15-13(20)8-18-7-12(16-17-18)11-5-6-11/h7,11,19H,3-6,8-10H2,1-2H3,(H,15,20). The van der Waals surface area contributed by atoms with E-state index >= 15 is 0 Å². The van der Waals surface area contributed by atoms with E-state index in [9.17, 15) is 9.90 Å². The Hall–Kier alpha value is -1.43. The minimum atomic E-state index is -0.211. The molecular formula is C14H24N4O2. The maximum atomic E-state index is 11.9. The molecule has 1 saturated carbocycles. The molecule has 20 heavy (non-hydrogen) atoms. The fourth-order valence-corrected chi connectivity index (χ4v) is 2.23. The smallest absolute Gasteiger partial charge is 0.241 e. The Kier molecular flexibility index (Phi) is 4.75. The molecule has 2 rings (SSSR count). The van der Waals surface area contributed by atoms with E-state index in [2.05, 4.69) is 15.6 Å². The topological polar surface area (TPSA) is 80.0 Å². The van der Waals surface area contributed by atoms with Crippen LogP contribution in [-0.4, -0.2) is 39.2 Å². The number of nitrogens with zero attached hydrogens (tertiary/aromatic N) is 3. The third-order valence-electron chi connectivity index (χ3n) is 4.35.